The number of carboxylic acid groups (broad SMARTS) is 1. The van der Waals surface area contributed by atoms with Crippen molar-refractivity contribution in [3.05, 3.63) is 0 Å². The molecular weight excluding hydrogens is 240 g/mol. The van der Waals surface area contributed by atoms with E-state index in [9.17, 15) is 9.59 Å². The van der Waals surface area contributed by atoms with Gasteiger partial charge in [0.1, 0.15) is 6.04 Å². The standard InChI is InChI=1S/C11H22N2O3S/c1-5-8(2)13(3)11(16)12-9(10(14)15)6-7-17-4/h8-9H,5-7H2,1-4H3,(H,12,16)(H,14,15)/t8?,9-/m0/s1. The zero-order valence-corrected chi connectivity index (χ0v) is 11.7. The van der Waals surface area contributed by atoms with Gasteiger partial charge >= 0.3 is 12.0 Å². The monoisotopic (exact) mass is 262 g/mol. The molecule has 2 amide bonds. The molecule has 0 fully saturated rings. The highest BCUT2D eigenvalue weighted by Gasteiger charge is 2.22. The molecule has 0 aliphatic rings. The first-order chi connectivity index (χ1) is 7.93. The van der Waals surface area contributed by atoms with Crippen molar-refractivity contribution < 1.29 is 14.7 Å². The van der Waals surface area contributed by atoms with Gasteiger partial charge < -0.3 is 15.3 Å². The number of carboxylic acids is 1. The minimum Gasteiger partial charge on any atom is -0.480 e. The van der Waals surface area contributed by atoms with Crippen LogP contribution in [0, 0.1) is 0 Å². The second-order valence-electron chi connectivity index (χ2n) is 3.99. The third kappa shape index (κ3) is 5.81. The summed E-state index contributed by atoms with van der Waals surface area (Å²) >= 11 is 1.57. The van der Waals surface area contributed by atoms with Gasteiger partial charge in [0.2, 0.25) is 0 Å². The number of carbonyl (C=O) groups is 2. The number of carbonyl (C=O) groups excluding carboxylic acids is 1. The van der Waals surface area contributed by atoms with Crippen molar-refractivity contribution in [1.82, 2.24) is 10.2 Å². The number of thioether (sulfide) groups is 1. The van der Waals surface area contributed by atoms with E-state index in [0.29, 0.717) is 12.2 Å². The van der Waals surface area contributed by atoms with Gasteiger partial charge in [0.25, 0.3) is 0 Å². The van der Waals surface area contributed by atoms with E-state index < -0.39 is 12.0 Å². The van der Waals surface area contributed by atoms with Crippen LogP contribution >= 0.6 is 11.8 Å². The van der Waals surface area contributed by atoms with Gasteiger partial charge in [-0.1, -0.05) is 6.92 Å². The molecule has 5 nitrogen and oxygen atoms in total. The molecule has 0 saturated carbocycles. The van der Waals surface area contributed by atoms with Gasteiger partial charge in [-0.05, 0) is 31.8 Å². The van der Waals surface area contributed by atoms with Crippen molar-refractivity contribution in [3.8, 4) is 0 Å². The quantitative estimate of drug-likeness (QED) is 0.731. The van der Waals surface area contributed by atoms with Crippen LogP contribution in [0.5, 0.6) is 0 Å². The summed E-state index contributed by atoms with van der Waals surface area (Å²) in [6, 6.07) is -1.03. The Balaban J connectivity index is 4.34. The molecule has 0 bridgehead atoms. The fourth-order valence-electron chi connectivity index (χ4n) is 1.22. The molecule has 2 N–H and O–H groups in total. The molecular formula is C11H22N2O3S. The average Bonchev–Trinajstić information content (AvgIpc) is 2.31. The first kappa shape index (κ1) is 16.1. The minimum atomic E-state index is -0.982. The zero-order chi connectivity index (χ0) is 13.4. The van der Waals surface area contributed by atoms with Gasteiger partial charge in [-0.15, -0.1) is 0 Å². The van der Waals surface area contributed by atoms with Crippen LogP contribution in [-0.4, -0.2) is 53.1 Å². The van der Waals surface area contributed by atoms with E-state index in [1.54, 1.807) is 18.8 Å². The second kappa shape index (κ2) is 8.22. The molecule has 100 valence electrons. The summed E-state index contributed by atoms with van der Waals surface area (Å²) < 4.78 is 0. The molecule has 0 radical (unpaired) electrons. The summed E-state index contributed by atoms with van der Waals surface area (Å²) in [4.78, 5) is 24.3. The van der Waals surface area contributed by atoms with Gasteiger partial charge in [-0.25, -0.2) is 9.59 Å². The van der Waals surface area contributed by atoms with Crippen LogP contribution in [0.15, 0.2) is 0 Å². The molecule has 0 aromatic heterocycles. The summed E-state index contributed by atoms with van der Waals surface area (Å²) in [5, 5.41) is 11.5. The Kier molecular flexibility index (Phi) is 7.78. The molecule has 0 heterocycles. The Morgan fingerprint density at radius 3 is 2.47 bits per heavy atom. The molecule has 1 unspecified atom stereocenters. The first-order valence-corrected chi connectivity index (χ1v) is 7.08. The molecule has 17 heavy (non-hydrogen) atoms. The molecule has 0 aliphatic heterocycles. The van der Waals surface area contributed by atoms with Crippen LogP contribution in [0.3, 0.4) is 0 Å². The molecule has 2 atom stereocenters. The van der Waals surface area contributed by atoms with Gasteiger partial charge in [0.05, 0.1) is 0 Å². The van der Waals surface area contributed by atoms with Gasteiger partial charge in [0.15, 0.2) is 0 Å². The van der Waals surface area contributed by atoms with Crippen molar-refractivity contribution in [1.29, 1.82) is 0 Å². The predicted octanol–water partition coefficient (Wildman–Crippen LogP) is 1.63. The summed E-state index contributed by atoms with van der Waals surface area (Å²) in [5.74, 6) is -0.269. The Morgan fingerprint density at radius 1 is 1.47 bits per heavy atom. The van der Waals surface area contributed by atoms with Crippen molar-refractivity contribution in [2.75, 3.05) is 19.1 Å². The fourth-order valence-corrected chi connectivity index (χ4v) is 1.69. The minimum absolute atomic E-state index is 0.102. The van der Waals surface area contributed by atoms with E-state index in [2.05, 4.69) is 5.32 Å². The predicted molar refractivity (Wildman–Crippen MR) is 70.5 cm³/mol. The van der Waals surface area contributed by atoms with Gasteiger partial charge in [-0.3, -0.25) is 0 Å². The van der Waals surface area contributed by atoms with E-state index in [1.807, 2.05) is 20.1 Å². The molecule has 6 heteroatoms. The number of urea groups is 1. The van der Waals surface area contributed by atoms with Crippen molar-refractivity contribution >= 4 is 23.8 Å². The highest BCUT2D eigenvalue weighted by molar-refractivity contribution is 7.98. The van der Waals surface area contributed by atoms with Crippen LogP contribution in [0.2, 0.25) is 0 Å². The van der Waals surface area contributed by atoms with Crippen LogP contribution < -0.4 is 5.32 Å². The SMILES string of the molecule is CCC(C)N(C)C(=O)N[C@@H](CCSC)C(=O)O. The number of amides is 2. The maximum atomic E-state index is 11.8. The van der Waals surface area contributed by atoms with Crippen LogP contribution in [0.1, 0.15) is 26.7 Å². The Bertz CT molecular complexity index is 261. The summed E-state index contributed by atoms with van der Waals surface area (Å²) in [6.45, 7) is 3.91. The van der Waals surface area contributed by atoms with Gasteiger partial charge in [0, 0.05) is 13.1 Å². The summed E-state index contributed by atoms with van der Waals surface area (Å²) in [6.07, 6.45) is 3.19. The van der Waals surface area contributed by atoms with Crippen LogP contribution in [0.25, 0.3) is 0 Å². The normalized spacial score (nSPS) is 13.9. The Hall–Kier alpha value is -0.910. The molecule has 0 rings (SSSR count). The van der Waals surface area contributed by atoms with Crippen molar-refractivity contribution in [2.45, 2.75) is 38.8 Å². The van der Waals surface area contributed by atoms with Crippen molar-refractivity contribution in [2.24, 2.45) is 0 Å². The molecule has 0 aliphatic carbocycles. The number of nitrogens with one attached hydrogen (secondary N) is 1. The fraction of sp³-hybridized carbons (Fsp3) is 0.818. The average molecular weight is 262 g/mol. The zero-order valence-electron chi connectivity index (χ0n) is 10.9. The van der Waals surface area contributed by atoms with E-state index in [-0.39, 0.29) is 12.1 Å². The van der Waals surface area contributed by atoms with Crippen LogP contribution in [-0.2, 0) is 4.79 Å². The number of rotatable bonds is 7. The molecule has 0 saturated heterocycles. The van der Waals surface area contributed by atoms with E-state index in [1.165, 1.54) is 4.90 Å². The maximum absolute atomic E-state index is 11.8. The molecule has 0 aromatic carbocycles. The Labute approximate surface area is 107 Å². The lowest BCUT2D eigenvalue weighted by molar-refractivity contribution is -0.139. The largest absolute Gasteiger partial charge is 0.480 e. The summed E-state index contributed by atoms with van der Waals surface area (Å²) in [5.41, 5.74) is 0. The lowest BCUT2D eigenvalue weighted by Gasteiger charge is -2.26. The lowest BCUT2D eigenvalue weighted by atomic mass is 10.2. The highest BCUT2D eigenvalue weighted by Crippen LogP contribution is 2.04. The number of hydrogen-bond donors (Lipinski definition) is 2. The van der Waals surface area contributed by atoms with E-state index in [4.69, 9.17) is 5.11 Å². The van der Waals surface area contributed by atoms with E-state index in [0.717, 1.165) is 6.42 Å². The smallest absolute Gasteiger partial charge is 0.326 e. The molecule has 0 spiro atoms. The maximum Gasteiger partial charge on any atom is 0.326 e. The van der Waals surface area contributed by atoms with Crippen molar-refractivity contribution in [3.63, 3.8) is 0 Å². The molecule has 0 aromatic rings. The van der Waals surface area contributed by atoms with Gasteiger partial charge in [-0.2, -0.15) is 11.8 Å². The lowest BCUT2D eigenvalue weighted by Crippen LogP contribution is -2.49. The third-order valence-electron chi connectivity index (χ3n) is 2.78. The summed E-state index contributed by atoms with van der Waals surface area (Å²) in [7, 11) is 1.68. The second-order valence-corrected chi connectivity index (χ2v) is 4.98. The van der Waals surface area contributed by atoms with E-state index >= 15 is 0 Å². The number of nitrogens with zero attached hydrogens (tertiary/aromatic N) is 1. The Morgan fingerprint density at radius 2 is 2.06 bits per heavy atom. The first-order valence-electron chi connectivity index (χ1n) is 5.69. The number of aliphatic carboxylic acids is 1. The third-order valence-corrected chi connectivity index (χ3v) is 3.42. The topological polar surface area (TPSA) is 69.6 Å². The van der Waals surface area contributed by atoms with Crippen LogP contribution in [0.4, 0.5) is 4.79 Å². The number of hydrogen-bond acceptors (Lipinski definition) is 3. The highest BCUT2D eigenvalue weighted by atomic mass is 32.2.